The standard InChI is InChI=1S/C19H25N5O2/c1-19(2,3)26-18(25)23-15-8-5-4-7-14(15)22-17-13(11-20)12-21-24-10-6-9-16(17)24/h6,9-10,12,14-15,22H,4-5,7-8H2,1-3H3,(H,23,25). The van der Waals surface area contributed by atoms with Crippen LogP contribution in [0.4, 0.5) is 10.5 Å². The molecule has 2 N–H and O–H groups in total. The number of ether oxygens (including phenoxy) is 1. The van der Waals surface area contributed by atoms with E-state index >= 15 is 0 Å². The number of carbonyl (C=O) groups excluding carboxylic acids is 1. The fourth-order valence-corrected chi connectivity index (χ4v) is 3.35. The van der Waals surface area contributed by atoms with Crippen LogP contribution in [0.15, 0.2) is 24.5 Å². The lowest BCUT2D eigenvalue weighted by molar-refractivity contribution is 0.0488. The van der Waals surface area contributed by atoms with Crippen molar-refractivity contribution in [1.29, 1.82) is 5.26 Å². The first-order valence-corrected chi connectivity index (χ1v) is 9.00. The topological polar surface area (TPSA) is 91.5 Å². The van der Waals surface area contributed by atoms with E-state index in [0.29, 0.717) is 5.56 Å². The highest BCUT2D eigenvalue weighted by molar-refractivity contribution is 5.78. The molecule has 0 spiro atoms. The molecule has 1 aliphatic carbocycles. The Bertz CT molecular complexity index is 831. The summed E-state index contributed by atoms with van der Waals surface area (Å²) < 4.78 is 7.14. The van der Waals surface area contributed by atoms with E-state index in [1.165, 1.54) is 0 Å². The van der Waals surface area contributed by atoms with Crippen molar-refractivity contribution in [3.8, 4) is 6.07 Å². The maximum absolute atomic E-state index is 12.2. The Labute approximate surface area is 153 Å². The minimum Gasteiger partial charge on any atom is -0.444 e. The number of rotatable bonds is 3. The van der Waals surface area contributed by atoms with Crippen LogP contribution in [0.1, 0.15) is 52.0 Å². The van der Waals surface area contributed by atoms with E-state index < -0.39 is 11.7 Å². The quantitative estimate of drug-likeness (QED) is 0.880. The van der Waals surface area contributed by atoms with Crippen LogP contribution in [0.3, 0.4) is 0 Å². The molecule has 2 aromatic rings. The van der Waals surface area contributed by atoms with Gasteiger partial charge in [0, 0.05) is 12.2 Å². The van der Waals surface area contributed by atoms with Gasteiger partial charge in [0.05, 0.1) is 29.0 Å². The van der Waals surface area contributed by atoms with Crippen LogP contribution < -0.4 is 10.6 Å². The molecule has 138 valence electrons. The van der Waals surface area contributed by atoms with Crippen molar-refractivity contribution in [3.05, 3.63) is 30.1 Å². The number of alkyl carbamates (subject to hydrolysis) is 1. The third kappa shape index (κ3) is 4.07. The van der Waals surface area contributed by atoms with Crippen LogP contribution in [0, 0.1) is 11.3 Å². The Morgan fingerprint density at radius 1 is 1.35 bits per heavy atom. The fraction of sp³-hybridized carbons (Fsp3) is 0.526. The van der Waals surface area contributed by atoms with Gasteiger partial charge in [-0.25, -0.2) is 9.31 Å². The van der Waals surface area contributed by atoms with E-state index in [9.17, 15) is 10.1 Å². The minimum atomic E-state index is -0.529. The Kier molecular flexibility index (Phi) is 5.03. The van der Waals surface area contributed by atoms with Crippen molar-refractivity contribution >= 4 is 17.3 Å². The highest BCUT2D eigenvalue weighted by Gasteiger charge is 2.29. The summed E-state index contributed by atoms with van der Waals surface area (Å²) in [5.41, 5.74) is 1.58. The number of nitriles is 1. The molecular formula is C19H25N5O2. The second-order valence-corrected chi connectivity index (χ2v) is 7.67. The molecular weight excluding hydrogens is 330 g/mol. The first-order chi connectivity index (χ1) is 12.4. The number of hydrogen-bond donors (Lipinski definition) is 2. The zero-order valence-electron chi connectivity index (χ0n) is 15.5. The lowest BCUT2D eigenvalue weighted by Gasteiger charge is -2.34. The molecule has 1 fully saturated rings. The average molecular weight is 355 g/mol. The molecule has 2 unspecified atom stereocenters. The summed E-state index contributed by atoms with van der Waals surface area (Å²) in [6, 6.07) is 6.01. The number of nitrogens with zero attached hydrogens (tertiary/aromatic N) is 3. The monoisotopic (exact) mass is 355 g/mol. The van der Waals surface area contributed by atoms with E-state index in [0.717, 1.165) is 36.9 Å². The molecule has 26 heavy (non-hydrogen) atoms. The first kappa shape index (κ1) is 18.1. The summed E-state index contributed by atoms with van der Waals surface area (Å²) in [4.78, 5) is 12.2. The molecule has 0 radical (unpaired) electrons. The van der Waals surface area contributed by atoms with Crippen LogP contribution in [0.25, 0.3) is 5.52 Å². The van der Waals surface area contributed by atoms with Crippen molar-refractivity contribution < 1.29 is 9.53 Å². The molecule has 2 atom stereocenters. The molecule has 0 aliphatic heterocycles. The van der Waals surface area contributed by atoms with E-state index in [1.54, 1.807) is 10.7 Å². The molecule has 1 saturated carbocycles. The smallest absolute Gasteiger partial charge is 0.407 e. The lowest BCUT2D eigenvalue weighted by atomic mass is 9.90. The van der Waals surface area contributed by atoms with Crippen molar-refractivity contribution in [1.82, 2.24) is 14.9 Å². The highest BCUT2D eigenvalue weighted by atomic mass is 16.6. The van der Waals surface area contributed by atoms with Crippen LogP contribution >= 0.6 is 0 Å². The van der Waals surface area contributed by atoms with Crippen LogP contribution in [-0.2, 0) is 4.74 Å². The predicted octanol–water partition coefficient (Wildman–Crippen LogP) is 3.45. The largest absolute Gasteiger partial charge is 0.444 e. The molecule has 7 nitrogen and oxygen atoms in total. The van der Waals surface area contributed by atoms with Gasteiger partial charge in [-0.05, 0) is 45.7 Å². The Hall–Kier alpha value is -2.75. The Balaban J connectivity index is 1.80. The molecule has 7 heteroatoms. The molecule has 2 aromatic heterocycles. The van der Waals surface area contributed by atoms with Gasteiger partial charge in [0.2, 0.25) is 0 Å². The summed E-state index contributed by atoms with van der Waals surface area (Å²) in [5.74, 6) is 0. The van der Waals surface area contributed by atoms with Gasteiger partial charge in [-0.2, -0.15) is 10.4 Å². The molecule has 0 bridgehead atoms. The summed E-state index contributed by atoms with van der Waals surface area (Å²) in [6.07, 6.45) is 6.93. The molecule has 3 rings (SSSR count). The summed E-state index contributed by atoms with van der Waals surface area (Å²) in [5, 5.41) is 20.2. The molecule has 1 amide bonds. The van der Waals surface area contributed by atoms with Gasteiger partial charge >= 0.3 is 6.09 Å². The zero-order chi connectivity index (χ0) is 18.7. The number of aromatic nitrogens is 2. The average Bonchev–Trinajstić information content (AvgIpc) is 3.04. The highest BCUT2D eigenvalue weighted by Crippen LogP contribution is 2.27. The van der Waals surface area contributed by atoms with Crippen LogP contribution in [0.2, 0.25) is 0 Å². The third-order valence-corrected chi connectivity index (χ3v) is 4.48. The normalized spacial score (nSPS) is 20.4. The Morgan fingerprint density at radius 3 is 2.77 bits per heavy atom. The van der Waals surface area contributed by atoms with Crippen molar-refractivity contribution in [2.75, 3.05) is 5.32 Å². The van der Waals surface area contributed by atoms with Gasteiger partial charge in [0.1, 0.15) is 11.7 Å². The second-order valence-electron chi connectivity index (χ2n) is 7.67. The fourth-order valence-electron chi connectivity index (χ4n) is 3.35. The van der Waals surface area contributed by atoms with Gasteiger partial charge in [-0.15, -0.1) is 0 Å². The number of carbonyl (C=O) groups is 1. The first-order valence-electron chi connectivity index (χ1n) is 9.00. The molecule has 0 aromatic carbocycles. The van der Waals surface area contributed by atoms with Crippen LogP contribution in [0.5, 0.6) is 0 Å². The van der Waals surface area contributed by atoms with E-state index in [-0.39, 0.29) is 12.1 Å². The van der Waals surface area contributed by atoms with E-state index in [1.807, 2.05) is 39.1 Å². The van der Waals surface area contributed by atoms with Crippen molar-refractivity contribution in [2.45, 2.75) is 64.1 Å². The summed E-state index contributed by atoms with van der Waals surface area (Å²) >= 11 is 0. The maximum Gasteiger partial charge on any atom is 0.407 e. The molecule has 2 heterocycles. The lowest BCUT2D eigenvalue weighted by Crippen LogP contribution is -2.49. The predicted molar refractivity (Wildman–Crippen MR) is 98.9 cm³/mol. The van der Waals surface area contributed by atoms with E-state index in [2.05, 4.69) is 21.8 Å². The van der Waals surface area contributed by atoms with Crippen molar-refractivity contribution in [3.63, 3.8) is 0 Å². The van der Waals surface area contributed by atoms with Gasteiger partial charge < -0.3 is 15.4 Å². The summed E-state index contributed by atoms with van der Waals surface area (Å²) in [7, 11) is 0. The van der Waals surface area contributed by atoms with Gasteiger partial charge in [-0.1, -0.05) is 12.8 Å². The Morgan fingerprint density at radius 2 is 2.08 bits per heavy atom. The SMILES string of the molecule is CC(C)(C)OC(=O)NC1CCCCC1Nc1c(C#N)cnn2cccc12. The van der Waals surface area contributed by atoms with E-state index in [4.69, 9.17) is 4.74 Å². The maximum atomic E-state index is 12.2. The van der Waals surface area contributed by atoms with Crippen LogP contribution in [-0.4, -0.2) is 33.4 Å². The third-order valence-electron chi connectivity index (χ3n) is 4.48. The number of anilines is 1. The number of nitrogens with one attached hydrogen (secondary N) is 2. The van der Waals surface area contributed by atoms with Gasteiger partial charge in [0.15, 0.2) is 0 Å². The zero-order valence-corrected chi connectivity index (χ0v) is 15.5. The number of amides is 1. The molecule has 0 saturated heterocycles. The number of hydrogen-bond acceptors (Lipinski definition) is 5. The van der Waals surface area contributed by atoms with Gasteiger partial charge in [-0.3, -0.25) is 0 Å². The minimum absolute atomic E-state index is 0.0319. The van der Waals surface area contributed by atoms with Crippen molar-refractivity contribution in [2.24, 2.45) is 0 Å². The number of fused-ring (bicyclic) bond motifs is 1. The second kappa shape index (κ2) is 7.24. The summed E-state index contributed by atoms with van der Waals surface area (Å²) in [6.45, 7) is 5.55. The van der Waals surface area contributed by atoms with Gasteiger partial charge in [0.25, 0.3) is 0 Å². The molecule has 1 aliphatic rings.